The smallest absolute Gasteiger partial charge is 0.407 e. The number of ether oxygens (including phenoxy) is 2. The minimum atomic E-state index is -0.488. The molecule has 1 N–H and O–H groups in total. The summed E-state index contributed by atoms with van der Waals surface area (Å²) in [4.78, 5) is 23.6. The van der Waals surface area contributed by atoms with Crippen LogP contribution in [0.2, 0.25) is 0 Å². The minimum Gasteiger partial charge on any atom is -0.475 e. The van der Waals surface area contributed by atoms with E-state index in [9.17, 15) is 4.79 Å². The topological polar surface area (TPSA) is 76.6 Å². The zero-order valence-electron chi connectivity index (χ0n) is 16.5. The van der Waals surface area contributed by atoms with Crippen molar-refractivity contribution in [1.29, 1.82) is 0 Å². The third kappa shape index (κ3) is 4.99. The van der Waals surface area contributed by atoms with E-state index < -0.39 is 5.60 Å². The fourth-order valence-corrected chi connectivity index (χ4v) is 3.12. The molecule has 27 heavy (non-hydrogen) atoms. The Balaban J connectivity index is 1.68. The van der Waals surface area contributed by atoms with Crippen molar-refractivity contribution in [2.45, 2.75) is 52.2 Å². The lowest BCUT2D eigenvalue weighted by molar-refractivity contribution is 0.0497. The fraction of sp³-hybridized carbons (Fsp3) is 0.550. The van der Waals surface area contributed by atoms with Crippen molar-refractivity contribution in [2.24, 2.45) is 0 Å². The molecule has 1 fully saturated rings. The molecule has 2 heterocycles. The van der Waals surface area contributed by atoms with Crippen LogP contribution in [0.1, 0.15) is 40.5 Å². The molecule has 146 valence electrons. The monoisotopic (exact) mass is 372 g/mol. The van der Waals surface area contributed by atoms with Crippen LogP contribution >= 0.6 is 0 Å². The van der Waals surface area contributed by atoms with Crippen LogP contribution in [-0.4, -0.2) is 47.4 Å². The van der Waals surface area contributed by atoms with Gasteiger partial charge in [0.25, 0.3) is 5.88 Å². The maximum Gasteiger partial charge on any atom is 0.407 e. The first kappa shape index (κ1) is 19.2. The molecule has 1 aliphatic heterocycles. The van der Waals surface area contributed by atoms with Crippen molar-refractivity contribution < 1.29 is 14.3 Å². The highest BCUT2D eigenvalue weighted by atomic mass is 16.6. The van der Waals surface area contributed by atoms with E-state index in [0.29, 0.717) is 12.5 Å². The van der Waals surface area contributed by atoms with Crippen LogP contribution in [0.15, 0.2) is 24.3 Å². The number of hydrogen-bond donors (Lipinski definition) is 1. The predicted octanol–water partition coefficient (Wildman–Crippen LogP) is 3.52. The van der Waals surface area contributed by atoms with Crippen LogP contribution in [0.4, 0.5) is 10.6 Å². The minimum absolute atomic E-state index is 0.0973. The molecule has 7 nitrogen and oxygen atoms in total. The first-order chi connectivity index (χ1) is 12.9. The van der Waals surface area contributed by atoms with Gasteiger partial charge in [0.1, 0.15) is 5.60 Å². The molecule has 1 amide bonds. The number of nitrogens with one attached hydrogen (secondary N) is 1. The van der Waals surface area contributed by atoms with Crippen LogP contribution < -0.4 is 15.0 Å². The lowest BCUT2D eigenvalue weighted by atomic mass is 10.1. The molecule has 0 bridgehead atoms. The summed E-state index contributed by atoms with van der Waals surface area (Å²) >= 11 is 0. The number of fused-ring (bicyclic) bond motifs is 1. The van der Waals surface area contributed by atoms with Crippen molar-refractivity contribution in [1.82, 2.24) is 15.3 Å². The molecule has 1 aromatic carbocycles. The molecule has 0 atom stereocenters. The summed E-state index contributed by atoms with van der Waals surface area (Å²) in [5, 5.41) is 2.96. The Hall–Kier alpha value is -2.57. The van der Waals surface area contributed by atoms with Crippen LogP contribution in [0, 0.1) is 0 Å². The van der Waals surface area contributed by atoms with E-state index in [-0.39, 0.29) is 12.1 Å². The second kappa shape index (κ2) is 7.98. The van der Waals surface area contributed by atoms with Gasteiger partial charge in [-0.3, -0.25) is 0 Å². The molecular weight excluding hydrogens is 344 g/mol. The number of para-hydroxylation sites is 2. The normalized spacial score (nSPS) is 15.6. The van der Waals surface area contributed by atoms with Crippen molar-refractivity contribution >= 4 is 22.9 Å². The van der Waals surface area contributed by atoms with Crippen molar-refractivity contribution in [3.63, 3.8) is 0 Å². The standard InChI is InChI=1S/C20H28N4O3/c1-5-26-18-17(22-15-8-6-7-9-16(15)23-18)24-12-10-14(11-13-24)21-19(25)27-20(2,3)4/h6-9,14H,5,10-13H2,1-4H3,(H,21,25). The number of rotatable bonds is 4. The highest BCUT2D eigenvalue weighted by Crippen LogP contribution is 2.29. The van der Waals surface area contributed by atoms with Gasteiger partial charge in [-0.2, -0.15) is 0 Å². The van der Waals surface area contributed by atoms with Gasteiger partial charge < -0.3 is 19.7 Å². The average Bonchev–Trinajstić information content (AvgIpc) is 2.60. The van der Waals surface area contributed by atoms with Crippen LogP contribution in [-0.2, 0) is 4.74 Å². The molecule has 0 unspecified atom stereocenters. The summed E-state index contributed by atoms with van der Waals surface area (Å²) in [5.41, 5.74) is 1.19. The number of carbonyl (C=O) groups excluding carboxylic acids is 1. The third-order valence-corrected chi connectivity index (χ3v) is 4.32. The Bertz CT molecular complexity index is 795. The van der Waals surface area contributed by atoms with Crippen LogP contribution in [0.25, 0.3) is 11.0 Å². The molecule has 0 saturated carbocycles. The first-order valence-electron chi connectivity index (χ1n) is 9.50. The van der Waals surface area contributed by atoms with E-state index in [1.54, 1.807) is 0 Å². The van der Waals surface area contributed by atoms with Gasteiger partial charge in [-0.15, -0.1) is 0 Å². The number of alkyl carbamates (subject to hydrolysis) is 1. The number of piperidine rings is 1. The zero-order chi connectivity index (χ0) is 19.4. The van der Waals surface area contributed by atoms with E-state index in [1.165, 1.54) is 0 Å². The van der Waals surface area contributed by atoms with E-state index in [1.807, 2.05) is 52.0 Å². The summed E-state index contributed by atoms with van der Waals surface area (Å²) in [6, 6.07) is 7.89. The van der Waals surface area contributed by atoms with Gasteiger partial charge in [0.2, 0.25) is 0 Å². The number of benzene rings is 1. The molecule has 1 aromatic heterocycles. The Morgan fingerprint density at radius 3 is 2.41 bits per heavy atom. The molecule has 0 aliphatic carbocycles. The van der Waals surface area contributed by atoms with Gasteiger partial charge in [-0.25, -0.2) is 14.8 Å². The second-order valence-electron chi connectivity index (χ2n) is 7.68. The molecule has 7 heteroatoms. The summed E-state index contributed by atoms with van der Waals surface area (Å²) in [6.45, 7) is 9.62. The zero-order valence-corrected chi connectivity index (χ0v) is 16.5. The lowest BCUT2D eigenvalue weighted by Crippen LogP contribution is -2.46. The van der Waals surface area contributed by atoms with E-state index >= 15 is 0 Å². The Labute approximate surface area is 160 Å². The molecule has 0 spiro atoms. The predicted molar refractivity (Wildman–Crippen MR) is 105 cm³/mol. The van der Waals surface area contributed by atoms with Gasteiger partial charge in [0.05, 0.1) is 17.6 Å². The SMILES string of the molecule is CCOc1nc2ccccc2nc1N1CCC(NC(=O)OC(C)(C)C)CC1. The van der Waals surface area contributed by atoms with Gasteiger partial charge in [0, 0.05) is 19.1 Å². The molecule has 1 saturated heterocycles. The number of nitrogens with zero attached hydrogens (tertiary/aromatic N) is 3. The maximum atomic E-state index is 12.0. The summed E-state index contributed by atoms with van der Waals surface area (Å²) < 4.78 is 11.1. The highest BCUT2D eigenvalue weighted by Gasteiger charge is 2.26. The number of anilines is 1. The molecule has 1 aliphatic rings. The summed E-state index contributed by atoms with van der Waals surface area (Å²) in [5.74, 6) is 1.33. The van der Waals surface area contributed by atoms with E-state index in [4.69, 9.17) is 14.5 Å². The van der Waals surface area contributed by atoms with Gasteiger partial charge in [-0.1, -0.05) is 12.1 Å². The van der Waals surface area contributed by atoms with Crippen molar-refractivity contribution in [2.75, 3.05) is 24.6 Å². The van der Waals surface area contributed by atoms with Gasteiger partial charge in [0.15, 0.2) is 5.82 Å². The average molecular weight is 372 g/mol. The molecular formula is C20H28N4O3. The summed E-state index contributed by atoms with van der Waals surface area (Å²) in [6.07, 6.45) is 1.28. The maximum absolute atomic E-state index is 12.0. The first-order valence-corrected chi connectivity index (χ1v) is 9.50. The fourth-order valence-electron chi connectivity index (χ4n) is 3.12. The quantitative estimate of drug-likeness (QED) is 0.885. The Morgan fingerprint density at radius 2 is 1.81 bits per heavy atom. The van der Waals surface area contributed by atoms with Gasteiger partial charge in [-0.05, 0) is 52.7 Å². The molecule has 2 aromatic rings. The third-order valence-electron chi connectivity index (χ3n) is 4.32. The number of hydrogen-bond acceptors (Lipinski definition) is 6. The Kier molecular flexibility index (Phi) is 5.68. The van der Waals surface area contributed by atoms with Crippen LogP contribution in [0.5, 0.6) is 5.88 Å². The van der Waals surface area contributed by atoms with Crippen molar-refractivity contribution in [3.05, 3.63) is 24.3 Å². The molecule has 0 radical (unpaired) electrons. The number of carbonyl (C=O) groups is 1. The van der Waals surface area contributed by atoms with Crippen molar-refractivity contribution in [3.8, 4) is 5.88 Å². The van der Waals surface area contributed by atoms with E-state index in [2.05, 4.69) is 15.2 Å². The highest BCUT2D eigenvalue weighted by molar-refractivity contribution is 5.77. The van der Waals surface area contributed by atoms with Crippen LogP contribution in [0.3, 0.4) is 0 Å². The molecule has 3 rings (SSSR count). The Morgan fingerprint density at radius 1 is 1.19 bits per heavy atom. The largest absolute Gasteiger partial charge is 0.475 e. The lowest BCUT2D eigenvalue weighted by Gasteiger charge is -2.34. The number of aromatic nitrogens is 2. The van der Waals surface area contributed by atoms with Gasteiger partial charge >= 0.3 is 6.09 Å². The summed E-state index contributed by atoms with van der Waals surface area (Å²) in [7, 11) is 0. The number of amides is 1. The van der Waals surface area contributed by atoms with E-state index in [0.717, 1.165) is 42.8 Å². The second-order valence-corrected chi connectivity index (χ2v) is 7.68.